The van der Waals surface area contributed by atoms with Crippen LogP contribution < -0.4 is 5.48 Å². The number of allylic oxidation sites excluding steroid dienone is 1. The van der Waals surface area contributed by atoms with Crippen LogP contribution in [0.15, 0.2) is 42.1 Å². The monoisotopic (exact) mass is 447 g/mol. The summed E-state index contributed by atoms with van der Waals surface area (Å²) >= 11 is 0. The summed E-state index contributed by atoms with van der Waals surface area (Å²) in [4.78, 5) is 18.4. The number of hydrogen-bond donors (Lipinski definition) is 1. The molecule has 0 radical (unpaired) electrons. The summed E-state index contributed by atoms with van der Waals surface area (Å²) < 4.78 is 49.1. The van der Waals surface area contributed by atoms with Gasteiger partial charge in [-0.3, -0.25) is 19.4 Å². The zero-order valence-electron chi connectivity index (χ0n) is 17.0. The van der Waals surface area contributed by atoms with Crippen LogP contribution >= 0.6 is 15.2 Å². The minimum Gasteiger partial charge on any atom is -0.306 e. The molecular weight excluding hydrogens is 420 g/mol. The fraction of sp³-hybridized carbons (Fsp3) is 0.500. The summed E-state index contributed by atoms with van der Waals surface area (Å²) in [5.41, 5.74) is 2.72. The van der Waals surface area contributed by atoms with E-state index >= 15 is 0 Å². The lowest BCUT2D eigenvalue weighted by atomic mass is 10.1. The number of ketones is 1. The first kappa shape index (κ1) is 24.0. The highest BCUT2D eigenvalue weighted by Gasteiger charge is 2.69. The largest absolute Gasteiger partial charge is 0.381 e. The molecule has 0 spiro atoms. The van der Waals surface area contributed by atoms with E-state index < -0.39 is 26.1 Å². The summed E-state index contributed by atoms with van der Waals surface area (Å²) in [6.45, 7) is 6.35. The van der Waals surface area contributed by atoms with Gasteiger partial charge < -0.3 is 18.1 Å². The number of benzene rings is 1. The number of nitrogens with one attached hydrogen (secondary N) is 1. The fourth-order valence-corrected chi connectivity index (χ4v) is 7.81. The number of hydrogen-bond acceptors (Lipinski definition) is 9. The van der Waals surface area contributed by atoms with Gasteiger partial charge in [-0.2, -0.15) is 0 Å². The van der Waals surface area contributed by atoms with Gasteiger partial charge in [0.05, 0.1) is 26.4 Å². The van der Waals surface area contributed by atoms with Gasteiger partial charge in [0.25, 0.3) is 0 Å². The van der Waals surface area contributed by atoms with Crippen molar-refractivity contribution in [2.75, 3.05) is 26.4 Å². The quantitative estimate of drug-likeness (QED) is 0.366. The molecule has 29 heavy (non-hydrogen) atoms. The molecule has 9 nitrogen and oxygen atoms in total. The van der Waals surface area contributed by atoms with Crippen LogP contribution in [0.3, 0.4) is 0 Å². The van der Waals surface area contributed by atoms with Gasteiger partial charge in [0, 0.05) is 11.6 Å². The summed E-state index contributed by atoms with van der Waals surface area (Å²) in [5.74, 6) is -0.452. The topological polar surface area (TPSA) is 109 Å². The lowest BCUT2D eigenvalue weighted by molar-refractivity contribution is 0.0122. The standard InChI is InChI=1S/C18H27NO8P2/c1-5-23-28(21,24-6-2)18(29(22,25-7-3)26-8-4)14-16(19-27-18)17(20)15-12-10-9-11-13-15/h9-14,19H,5-8H2,1-4H3. The van der Waals surface area contributed by atoms with Crippen LogP contribution in [0.1, 0.15) is 38.1 Å². The Labute approximate surface area is 170 Å². The van der Waals surface area contributed by atoms with Crippen LogP contribution in [0.2, 0.25) is 0 Å². The molecule has 1 aromatic rings. The molecule has 0 unspecified atom stereocenters. The summed E-state index contributed by atoms with van der Waals surface area (Å²) in [6, 6.07) is 8.39. The molecule has 0 saturated carbocycles. The van der Waals surface area contributed by atoms with Crippen molar-refractivity contribution in [3.05, 3.63) is 47.7 Å². The highest BCUT2D eigenvalue weighted by atomic mass is 31.2. The maximum Gasteiger partial charge on any atom is 0.381 e. The third kappa shape index (κ3) is 4.57. The Hall–Kier alpha value is -1.31. The van der Waals surface area contributed by atoms with E-state index in [0.717, 1.165) is 6.08 Å². The number of hydroxylamine groups is 1. The normalized spacial score (nSPS) is 16.3. The van der Waals surface area contributed by atoms with Gasteiger partial charge in [0.15, 0.2) is 0 Å². The van der Waals surface area contributed by atoms with Crippen LogP contribution in [0.25, 0.3) is 0 Å². The fourth-order valence-electron chi connectivity index (χ4n) is 2.78. The van der Waals surface area contributed by atoms with E-state index in [-0.39, 0.29) is 32.1 Å². The Balaban J connectivity index is 2.65. The van der Waals surface area contributed by atoms with E-state index in [4.69, 9.17) is 22.9 Å². The van der Waals surface area contributed by atoms with Crippen molar-refractivity contribution in [2.24, 2.45) is 0 Å². The Morgan fingerprint density at radius 2 is 1.34 bits per heavy atom. The second-order valence-corrected chi connectivity index (χ2v) is 10.5. The average molecular weight is 447 g/mol. The number of carbonyl (C=O) groups is 1. The van der Waals surface area contributed by atoms with Gasteiger partial charge in [-0.05, 0) is 27.7 Å². The second kappa shape index (κ2) is 10.1. The molecule has 162 valence electrons. The Morgan fingerprint density at radius 1 is 0.897 bits per heavy atom. The van der Waals surface area contributed by atoms with Gasteiger partial charge in [-0.15, -0.1) is 0 Å². The van der Waals surface area contributed by atoms with Crippen molar-refractivity contribution < 1.29 is 36.9 Å². The van der Waals surface area contributed by atoms with Crippen molar-refractivity contribution in [2.45, 2.75) is 32.8 Å². The minimum atomic E-state index is -4.27. The van der Waals surface area contributed by atoms with E-state index in [2.05, 4.69) is 5.48 Å². The number of Topliss-reactive ketones (excluding diaryl/α,β-unsaturated/α-hetero) is 1. The molecule has 0 fully saturated rings. The molecule has 0 atom stereocenters. The molecule has 1 N–H and O–H groups in total. The molecule has 1 aliphatic heterocycles. The Bertz CT molecular complexity index is 776. The molecule has 0 amide bonds. The molecule has 0 saturated heterocycles. The summed E-state index contributed by atoms with van der Waals surface area (Å²) in [5, 5.41) is -2.28. The highest BCUT2D eigenvalue weighted by Crippen LogP contribution is 2.79. The van der Waals surface area contributed by atoms with Crippen molar-refractivity contribution in [1.29, 1.82) is 0 Å². The van der Waals surface area contributed by atoms with Crippen LogP contribution in [-0.2, 0) is 32.1 Å². The van der Waals surface area contributed by atoms with Gasteiger partial charge in [-0.25, -0.2) is 4.84 Å². The smallest absolute Gasteiger partial charge is 0.306 e. The number of carbonyl (C=O) groups excluding carboxylic acids is 1. The maximum atomic E-state index is 13.7. The van der Waals surface area contributed by atoms with E-state index in [1.807, 2.05) is 0 Å². The molecule has 1 heterocycles. The van der Waals surface area contributed by atoms with Crippen LogP contribution in [0.5, 0.6) is 0 Å². The van der Waals surface area contributed by atoms with E-state index in [9.17, 15) is 13.9 Å². The van der Waals surface area contributed by atoms with Gasteiger partial charge in [-0.1, -0.05) is 30.3 Å². The summed E-state index contributed by atoms with van der Waals surface area (Å²) in [6.07, 6.45) is 1.14. The van der Waals surface area contributed by atoms with Crippen molar-refractivity contribution in [3.8, 4) is 0 Å². The Morgan fingerprint density at radius 3 is 1.76 bits per heavy atom. The van der Waals surface area contributed by atoms with Gasteiger partial charge in [0.1, 0.15) is 5.70 Å². The lowest BCUT2D eigenvalue weighted by Gasteiger charge is -2.36. The molecule has 1 aliphatic rings. The van der Waals surface area contributed by atoms with E-state index in [1.165, 1.54) is 0 Å². The number of rotatable bonds is 12. The van der Waals surface area contributed by atoms with E-state index in [1.54, 1.807) is 58.0 Å². The molecule has 1 aromatic carbocycles. The molecular formula is C18H27NO8P2. The first-order valence-electron chi connectivity index (χ1n) is 9.38. The highest BCUT2D eigenvalue weighted by molar-refractivity contribution is 7.74. The molecule has 0 bridgehead atoms. The van der Waals surface area contributed by atoms with Crippen LogP contribution in [0.4, 0.5) is 0 Å². The van der Waals surface area contributed by atoms with Crippen molar-refractivity contribution in [3.63, 3.8) is 0 Å². The van der Waals surface area contributed by atoms with Gasteiger partial charge in [0.2, 0.25) is 5.78 Å². The Kier molecular flexibility index (Phi) is 8.37. The molecule has 2 rings (SSSR count). The minimum absolute atomic E-state index is 0.0174. The third-order valence-corrected chi connectivity index (χ3v) is 9.78. The SMILES string of the molecule is CCOP(=O)(OCC)C1(P(=O)(OCC)OCC)C=C(C(=O)c2ccccc2)NO1. The maximum absolute atomic E-state index is 13.7. The zero-order chi connectivity index (χ0) is 21.5. The van der Waals surface area contributed by atoms with Crippen LogP contribution in [0, 0.1) is 0 Å². The van der Waals surface area contributed by atoms with E-state index in [0.29, 0.717) is 5.56 Å². The lowest BCUT2D eigenvalue weighted by Crippen LogP contribution is -2.34. The first-order chi connectivity index (χ1) is 13.8. The summed E-state index contributed by atoms with van der Waals surface area (Å²) in [7, 11) is -8.55. The predicted octanol–water partition coefficient (Wildman–Crippen LogP) is 4.47. The van der Waals surface area contributed by atoms with Crippen LogP contribution in [-0.4, -0.2) is 37.3 Å². The van der Waals surface area contributed by atoms with Gasteiger partial charge >= 0.3 is 20.3 Å². The second-order valence-electron chi connectivity index (χ2n) is 5.78. The first-order valence-corrected chi connectivity index (χ1v) is 12.5. The molecule has 0 aromatic heterocycles. The molecule has 11 heteroatoms. The van der Waals surface area contributed by atoms with Crippen molar-refractivity contribution >= 4 is 21.0 Å². The third-order valence-electron chi connectivity index (χ3n) is 3.91. The average Bonchev–Trinajstić information content (AvgIpc) is 3.17. The van der Waals surface area contributed by atoms with Crippen molar-refractivity contribution in [1.82, 2.24) is 5.48 Å². The molecule has 0 aliphatic carbocycles. The zero-order valence-corrected chi connectivity index (χ0v) is 18.7. The predicted molar refractivity (Wildman–Crippen MR) is 108 cm³/mol.